The number of halogens is 1. The van der Waals surface area contributed by atoms with Crippen LogP contribution in [0.1, 0.15) is 25.1 Å². The molecule has 2 N–H and O–H groups in total. The van der Waals surface area contributed by atoms with E-state index in [0.717, 1.165) is 34.6 Å². The Balaban J connectivity index is 1.78. The molecule has 2 aromatic rings. The molecule has 0 bridgehead atoms. The van der Waals surface area contributed by atoms with E-state index >= 15 is 4.39 Å². The Labute approximate surface area is 154 Å². The molecule has 10 heteroatoms. The van der Waals surface area contributed by atoms with Gasteiger partial charge in [0, 0.05) is 6.20 Å². The van der Waals surface area contributed by atoms with Crippen molar-refractivity contribution < 1.29 is 23.7 Å². The lowest BCUT2D eigenvalue weighted by atomic mass is 9.96. The average molecular weight is 400 g/mol. The van der Waals surface area contributed by atoms with E-state index in [4.69, 9.17) is 4.74 Å². The molecule has 0 amide bonds. The van der Waals surface area contributed by atoms with E-state index in [2.05, 4.69) is 9.97 Å². The second kappa shape index (κ2) is 7.13. The molecule has 0 aromatic carbocycles. The van der Waals surface area contributed by atoms with Gasteiger partial charge in [-0.2, -0.15) is 4.89 Å². The van der Waals surface area contributed by atoms with Crippen molar-refractivity contribution in [3.05, 3.63) is 18.1 Å². The Bertz CT molecular complexity index is 850. The van der Waals surface area contributed by atoms with Gasteiger partial charge in [-0.1, -0.05) is 0 Å². The maximum absolute atomic E-state index is 15.3. The number of rotatable bonds is 4. The minimum absolute atomic E-state index is 0.406. The van der Waals surface area contributed by atoms with Gasteiger partial charge in [0.15, 0.2) is 18.1 Å². The molecular formula is C16H20FN3O4PS+. The standard InChI is InChI=1S/C16H19FN3O4PS/c1-8(25(22)23)11-10(6-21)24-16(13(11)17)20-5-9-3-2-4-26-15-12(9)14(20)18-7-19-15/h5,7-8,10-11,13,16,21H,2-4,6H2,1H3/p+1/t8-,10-,11-,13-,16-/m1/s1. The molecule has 2 aliphatic rings. The van der Waals surface area contributed by atoms with E-state index in [1.165, 1.54) is 13.3 Å². The highest BCUT2D eigenvalue weighted by Crippen LogP contribution is 2.46. The number of nitrogens with zero attached hydrogens (tertiary/aromatic N) is 3. The third kappa shape index (κ3) is 2.86. The summed E-state index contributed by atoms with van der Waals surface area (Å²) in [4.78, 5) is 18.1. The number of alkyl halides is 1. The summed E-state index contributed by atoms with van der Waals surface area (Å²) in [5.41, 5.74) is 0.843. The zero-order valence-electron chi connectivity index (χ0n) is 14.2. The number of aliphatic hydroxyl groups is 1. The zero-order valence-corrected chi connectivity index (χ0v) is 15.9. The van der Waals surface area contributed by atoms with Crippen molar-refractivity contribution in [2.45, 2.75) is 49.0 Å². The molecule has 0 aliphatic carbocycles. The first kappa shape index (κ1) is 18.3. The molecule has 140 valence electrons. The Hall–Kier alpha value is -1.12. The van der Waals surface area contributed by atoms with Gasteiger partial charge < -0.3 is 14.4 Å². The van der Waals surface area contributed by atoms with E-state index in [-0.39, 0.29) is 0 Å². The molecule has 7 nitrogen and oxygen atoms in total. The number of ether oxygens (including phenoxy) is 1. The van der Waals surface area contributed by atoms with Crippen LogP contribution in [0, 0.1) is 5.92 Å². The molecule has 6 atom stereocenters. The SMILES string of the molecule is C[C@H]([C@H]1[C@@H](F)[C@H](n2cc3c4c(ncnc42)SCCC3)O[C@@H]1CO)[P+](=O)O. The predicted molar refractivity (Wildman–Crippen MR) is 95.2 cm³/mol. The van der Waals surface area contributed by atoms with Crippen molar-refractivity contribution >= 4 is 30.8 Å². The van der Waals surface area contributed by atoms with Crippen LogP contribution in [0.2, 0.25) is 0 Å². The molecule has 0 saturated carbocycles. The normalized spacial score (nSPS) is 30.4. The molecule has 1 unspecified atom stereocenters. The van der Waals surface area contributed by atoms with Crippen molar-refractivity contribution in [2.24, 2.45) is 5.92 Å². The zero-order chi connectivity index (χ0) is 18.4. The quantitative estimate of drug-likeness (QED) is 0.601. The molecule has 0 radical (unpaired) electrons. The second-order valence-electron chi connectivity index (χ2n) is 6.70. The number of aromatic nitrogens is 3. The highest BCUT2D eigenvalue weighted by molar-refractivity contribution is 7.99. The summed E-state index contributed by atoms with van der Waals surface area (Å²) in [6, 6.07) is 0. The average Bonchev–Trinajstić information content (AvgIpc) is 3.07. The number of thioether (sulfide) groups is 1. The first-order valence-electron chi connectivity index (χ1n) is 8.55. The van der Waals surface area contributed by atoms with Crippen LogP contribution in [0.15, 0.2) is 17.6 Å². The first-order chi connectivity index (χ1) is 12.5. The Morgan fingerprint density at radius 3 is 3.08 bits per heavy atom. The molecule has 0 spiro atoms. The third-order valence-electron chi connectivity index (χ3n) is 5.23. The topological polar surface area (TPSA) is 97.5 Å². The minimum Gasteiger partial charge on any atom is -0.394 e. The molecule has 26 heavy (non-hydrogen) atoms. The number of hydrogen-bond acceptors (Lipinski definition) is 6. The lowest BCUT2D eigenvalue weighted by molar-refractivity contribution is -0.0382. The molecule has 4 rings (SSSR count). The Morgan fingerprint density at radius 1 is 1.54 bits per heavy atom. The van der Waals surface area contributed by atoms with Gasteiger partial charge in [0.1, 0.15) is 17.0 Å². The largest absolute Gasteiger partial charge is 0.508 e. The lowest BCUT2D eigenvalue weighted by Crippen LogP contribution is -2.32. The summed E-state index contributed by atoms with van der Waals surface area (Å²) < 4.78 is 34.2. The lowest BCUT2D eigenvalue weighted by Gasteiger charge is -2.17. The second-order valence-corrected chi connectivity index (χ2v) is 9.21. The van der Waals surface area contributed by atoms with Crippen LogP contribution in [0.25, 0.3) is 11.0 Å². The van der Waals surface area contributed by atoms with Crippen LogP contribution >= 0.6 is 19.8 Å². The Kier molecular flexibility index (Phi) is 5.00. The van der Waals surface area contributed by atoms with E-state index in [9.17, 15) is 14.6 Å². The van der Waals surface area contributed by atoms with Crippen LogP contribution in [0.3, 0.4) is 0 Å². The van der Waals surface area contributed by atoms with E-state index in [1.807, 2.05) is 6.20 Å². The fourth-order valence-electron chi connectivity index (χ4n) is 3.90. The van der Waals surface area contributed by atoms with Gasteiger partial charge in [-0.3, -0.25) is 0 Å². The minimum atomic E-state index is -2.57. The summed E-state index contributed by atoms with van der Waals surface area (Å²) >= 11 is 1.66. The van der Waals surface area contributed by atoms with Gasteiger partial charge in [0.2, 0.25) is 0 Å². The summed E-state index contributed by atoms with van der Waals surface area (Å²) in [5.74, 6) is 0.116. The summed E-state index contributed by atoms with van der Waals surface area (Å²) in [6.45, 7) is 1.11. The Morgan fingerprint density at radius 2 is 2.35 bits per heavy atom. The first-order valence-corrected chi connectivity index (χ1v) is 10.8. The number of hydrogen-bond donors (Lipinski definition) is 2. The number of aryl methyl sites for hydroxylation is 1. The fourth-order valence-corrected chi connectivity index (χ4v) is 5.52. The maximum Gasteiger partial charge on any atom is 0.508 e. The third-order valence-corrected chi connectivity index (χ3v) is 7.34. The highest BCUT2D eigenvalue weighted by atomic mass is 32.2. The van der Waals surface area contributed by atoms with Crippen molar-refractivity contribution in [2.75, 3.05) is 12.4 Å². The highest BCUT2D eigenvalue weighted by Gasteiger charge is 2.54. The summed E-state index contributed by atoms with van der Waals surface area (Å²) in [6.07, 6.45) is 1.82. The molecule has 2 aromatic heterocycles. The van der Waals surface area contributed by atoms with E-state index in [1.54, 1.807) is 16.3 Å². The maximum atomic E-state index is 15.3. The van der Waals surface area contributed by atoms with Crippen LogP contribution < -0.4 is 0 Å². The molecule has 4 heterocycles. The number of aliphatic hydroxyl groups excluding tert-OH is 1. The van der Waals surface area contributed by atoms with E-state index in [0.29, 0.717) is 5.65 Å². The van der Waals surface area contributed by atoms with Crippen molar-refractivity contribution in [3.63, 3.8) is 0 Å². The van der Waals surface area contributed by atoms with Crippen LogP contribution in [-0.2, 0) is 15.7 Å². The van der Waals surface area contributed by atoms with Gasteiger partial charge in [-0.15, -0.1) is 11.8 Å². The molecule has 1 saturated heterocycles. The predicted octanol–water partition coefficient (Wildman–Crippen LogP) is 2.44. The van der Waals surface area contributed by atoms with Gasteiger partial charge in [0.05, 0.1) is 24.0 Å². The van der Waals surface area contributed by atoms with Gasteiger partial charge in [0.25, 0.3) is 0 Å². The van der Waals surface area contributed by atoms with Crippen molar-refractivity contribution in [1.29, 1.82) is 0 Å². The molecular weight excluding hydrogens is 380 g/mol. The van der Waals surface area contributed by atoms with Crippen LogP contribution in [-0.4, -0.2) is 54.8 Å². The summed E-state index contributed by atoms with van der Waals surface area (Å²) in [5, 5.41) is 11.4. The van der Waals surface area contributed by atoms with Crippen molar-refractivity contribution in [1.82, 2.24) is 14.5 Å². The van der Waals surface area contributed by atoms with Crippen LogP contribution in [0.5, 0.6) is 0 Å². The fraction of sp³-hybridized carbons (Fsp3) is 0.625. The molecule has 1 fully saturated rings. The van der Waals surface area contributed by atoms with Crippen molar-refractivity contribution in [3.8, 4) is 0 Å². The van der Waals surface area contributed by atoms with Gasteiger partial charge in [-0.25, -0.2) is 14.4 Å². The summed E-state index contributed by atoms with van der Waals surface area (Å²) in [7, 11) is -2.57. The van der Waals surface area contributed by atoms with E-state index < -0.39 is 44.7 Å². The van der Waals surface area contributed by atoms with Crippen LogP contribution in [0.4, 0.5) is 4.39 Å². The van der Waals surface area contributed by atoms with Gasteiger partial charge >= 0.3 is 8.03 Å². The monoisotopic (exact) mass is 400 g/mol. The smallest absolute Gasteiger partial charge is 0.394 e. The van der Waals surface area contributed by atoms with Gasteiger partial charge in [-0.05, 0) is 35.6 Å². The molecule has 2 aliphatic heterocycles.